The maximum atomic E-state index is 12.1. The lowest BCUT2D eigenvalue weighted by atomic mass is 10.3. The van der Waals surface area contributed by atoms with Gasteiger partial charge in [0.05, 0.1) is 5.02 Å². The Balaban J connectivity index is 2.60. The molecular formula is C15H25ClN4O. The fraction of sp³-hybridized carbons (Fsp3) is 0.600. The molecule has 1 rings (SSSR count). The molecule has 1 amide bonds. The third-order valence-electron chi connectivity index (χ3n) is 3.23. The van der Waals surface area contributed by atoms with Crippen LogP contribution >= 0.6 is 11.6 Å². The zero-order chi connectivity index (χ0) is 15.7. The Labute approximate surface area is 132 Å². The predicted octanol–water partition coefficient (Wildman–Crippen LogP) is 2.63. The number of pyridine rings is 1. The van der Waals surface area contributed by atoms with Crippen LogP contribution < -0.4 is 10.6 Å². The smallest absolute Gasteiger partial charge is 0.271 e. The first-order chi connectivity index (χ1) is 10.1. The van der Waals surface area contributed by atoms with Crippen molar-refractivity contribution in [3.63, 3.8) is 0 Å². The fourth-order valence-corrected chi connectivity index (χ4v) is 2.10. The molecule has 5 nitrogen and oxygen atoms in total. The van der Waals surface area contributed by atoms with Crippen LogP contribution in [0.3, 0.4) is 0 Å². The van der Waals surface area contributed by atoms with E-state index in [9.17, 15) is 4.79 Å². The largest absolute Gasteiger partial charge is 0.370 e. The van der Waals surface area contributed by atoms with Crippen LogP contribution in [0.15, 0.2) is 12.1 Å². The minimum atomic E-state index is -0.229. The molecule has 1 aromatic heterocycles. The van der Waals surface area contributed by atoms with Crippen LogP contribution in [-0.2, 0) is 0 Å². The van der Waals surface area contributed by atoms with Gasteiger partial charge in [0, 0.05) is 19.6 Å². The van der Waals surface area contributed by atoms with E-state index in [1.165, 1.54) is 0 Å². The first kappa shape index (κ1) is 17.7. The second-order valence-corrected chi connectivity index (χ2v) is 5.14. The Morgan fingerprint density at radius 1 is 1.24 bits per heavy atom. The minimum Gasteiger partial charge on any atom is -0.370 e. The molecule has 0 fully saturated rings. The van der Waals surface area contributed by atoms with Crippen LogP contribution in [0.25, 0.3) is 0 Å². The topological polar surface area (TPSA) is 57.3 Å². The summed E-state index contributed by atoms with van der Waals surface area (Å²) in [7, 11) is 0. The number of likely N-dealkylation sites (N-methyl/N-ethyl adjacent to an activating group) is 1. The molecule has 0 bridgehead atoms. The third kappa shape index (κ3) is 5.89. The van der Waals surface area contributed by atoms with Crippen molar-refractivity contribution >= 4 is 23.3 Å². The van der Waals surface area contributed by atoms with Gasteiger partial charge in [0.25, 0.3) is 5.91 Å². The summed E-state index contributed by atoms with van der Waals surface area (Å²) in [6.45, 7) is 10.5. The molecule has 0 aromatic carbocycles. The molecule has 0 spiro atoms. The van der Waals surface area contributed by atoms with Crippen molar-refractivity contribution in [2.45, 2.75) is 27.2 Å². The molecule has 1 heterocycles. The Bertz CT molecular complexity index is 449. The molecular weight excluding hydrogens is 288 g/mol. The van der Waals surface area contributed by atoms with Crippen molar-refractivity contribution < 1.29 is 4.79 Å². The van der Waals surface area contributed by atoms with Crippen molar-refractivity contribution in [1.29, 1.82) is 0 Å². The van der Waals surface area contributed by atoms with Gasteiger partial charge in [0.15, 0.2) is 0 Å². The van der Waals surface area contributed by atoms with E-state index in [4.69, 9.17) is 11.6 Å². The average molecular weight is 313 g/mol. The van der Waals surface area contributed by atoms with Gasteiger partial charge in [0.1, 0.15) is 11.5 Å². The highest BCUT2D eigenvalue weighted by atomic mass is 35.5. The third-order valence-corrected chi connectivity index (χ3v) is 3.53. The fourth-order valence-electron chi connectivity index (χ4n) is 1.90. The molecule has 0 atom stereocenters. The summed E-state index contributed by atoms with van der Waals surface area (Å²) >= 11 is 6.06. The summed E-state index contributed by atoms with van der Waals surface area (Å²) in [5.41, 5.74) is 0.275. The molecule has 2 N–H and O–H groups in total. The van der Waals surface area contributed by atoms with Crippen molar-refractivity contribution in [3.8, 4) is 0 Å². The highest BCUT2D eigenvalue weighted by Gasteiger charge is 2.13. The summed E-state index contributed by atoms with van der Waals surface area (Å²) < 4.78 is 0. The molecule has 0 unspecified atom stereocenters. The maximum Gasteiger partial charge on any atom is 0.271 e. The maximum absolute atomic E-state index is 12.1. The van der Waals surface area contributed by atoms with Crippen molar-refractivity contribution in [2.24, 2.45) is 0 Å². The summed E-state index contributed by atoms with van der Waals surface area (Å²) in [5, 5.41) is 6.39. The van der Waals surface area contributed by atoms with Crippen LogP contribution in [0.2, 0.25) is 5.02 Å². The number of halogens is 1. The van der Waals surface area contributed by atoms with Crippen LogP contribution in [0.5, 0.6) is 0 Å². The lowest BCUT2D eigenvalue weighted by molar-refractivity contribution is 0.0944. The molecule has 118 valence electrons. The number of hydrogen-bond acceptors (Lipinski definition) is 4. The number of anilines is 1. The van der Waals surface area contributed by atoms with E-state index in [0.29, 0.717) is 17.4 Å². The lowest BCUT2D eigenvalue weighted by Crippen LogP contribution is -2.35. The molecule has 0 aliphatic carbocycles. The average Bonchev–Trinajstić information content (AvgIpc) is 2.50. The molecule has 21 heavy (non-hydrogen) atoms. The number of hydrogen-bond donors (Lipinski definition) is 2. The van der Waals surface area contributed by atoms with Gasteiger partial charge in [-0.3, -0.25) is 4.79 Å². The number of amides is 1. The van der Waals surface area contributed by atoms with E-state index in [1.807, 2.05) is 0 Å². The van der Waals surface area contributed by atoms with E-state index in [-0.39, 0.29) is 11.6 Å². The highest BCUT2D eigenvalue weighted by Crippen LogP contribution is 2.16. The van der Waals surface area contributed by atoms with Gasteiger partial charge in [-0.2, -0.15) is 0 Å². The monoisotopic (exact) mass is 312 g/mol. The van der Waals surface area contributed by atoms with Gasteiger partial charge in [-0.15, -0.1) is 0 Å². The Kier molecular flexibility index (Phi) is 8.08. The number of rotatable bonds is 9. The van der Waals surface area contributed by atoms with Crippen molar-refractivity contribution in [3.05, 3.63) is 22.8 Å². The molecule has 0 aliphatic rings. The SMILES string of the molecule is CCCNc1ccc(Cl)c(C(=O)NCCN(CC)CC)n1. The van der Waals surface area contributed by atoms with Gasteiger partial charge in [-0.25, -0.2) is 4.98 Å². The summed E-state index contributed by atoms with van der Waals surface area (Å²) in [6.07, 6.45) is 0.996. The molecule has 0 radical (unpaired) electrons. The van der Waals surface area contributed by atoms with Crippen LogP contribution in [0.1, 0.15) is 37.7 Å². The van der Waals surface area contributed by atoms with Gasteiger partial charge >= 0.3 is 0 Å². The zero-order valence-corrected chi connectivity index (χ0v) is 13.8. The highest BCUT2D eigenvalue weighted by molar-refractivity contribution is 6.33. The van der Waals surface area contributed by atoms with Crippen LogP contribution in [-0.4, -0.2) is 48.5 Å². The summed E-state index contributed by atoms with van der Waals surface area (Å²) in [4.78, 5) is 18.7. The van der Waals surface area contributed by atoms with Gasteiger partial charge in [0.2, 0.25) is 0 Å². The lowest BCUT2D eigenvalue weighted by Gasteiger charge is -2.18. The number of nitrogens with zero attached hydrogens (tertiary/aromatic N) is 2. The number of aromatic nitrogens is 1. The van der Waals surface area contributed by atoms with Gasteiger partial charge < -0.3 is 15.5 Å². The second-order valence-electron chi connectivity index (χ2n) is 4.74. The predicted molar refractivity (Wildman–Crippen MR) is 88.1 cm³/mol. The van der Waals surface area contributed by atoms with E-state index in [1.54, 1.807) is 12.1 Å². The standard InChI is InChI=1S/C15H25ClN4O/c1-4-9-17-13-8-7-12(16)14(19-13)15(21)18-10-11-20(5-2)6-3/h7-8H,4-6,9-11H2,1-3H3,(H,17,19)(H,18,21). The molecule has 0 saturated carbocycles. The number of carbonyl (C=O) groups excluding carboxylic acids is 1. The number of carbonyl (C=O) groups is 1. The van der Waals surface area contributed by atoms with Crippen molar-refractivity contribution in [1.82, 2.24) is 15.2 Å². The Morgan fingerprint density at radius 2 is 1.95 bits per heavy atom. The molecule has 1 aromatic rings. The Hall–Kier alpha value is -1.33. The van der Waals surface area contributed by atoms with E-state index in [0.717, 1.165) is 32.6 Å². The summed E-state index contributed by atoms with van der Waals surface area (Å²) in [5.74, 6) is 0.447. The van der Waals surface area contributed by atoms with Crippen LogP contribution in [0.4, 0.5) is 5.82 Å². The first-order valence-corrected chi connectivity index (χ1v) is 7.91. The minimum absolute atomic E-state index is 0.229. The normalized spacial score (nSPS) is 10.7. The van der Waals surface area contributed by atoms with E-state index < -0.39 is 0 Å². The van der Waals surface area contributed by atoms with Gasteiger partial charge in [-0.05, 0) is 31.6 Å². The summed E-state index contributed by atoms with van der Waals surface area (Å²) in [6, 6.07) is 3.48. The quantitative estimate of drug-likeness (QED) is 0.736. The van der Waals surface area contributed by atoms with E-state index in [2.05, 4.69) is 41.3 Å². The first-order valence-electron chi connectivity index (χ1n) is 7.53. The molecule has 0 aliphatic heterocycles. The zero-order valence-electron chi connectivity index (χ0n) is 13.1. The van der Waals surface area contributed by atoms with Crippen molar-refractivity contribution in [2.75, 3.05) is 38.0 Å². The molecule has 0 saturated heterocycles. The van der Waals surface area contributed by atoms with Crippen LogP contribution in [0, 0.1) is 0 Å². The number of nitrogens with one attached hydrogen (secondary N) is 2. The van der Waals surface area contributed by atoms with Gasteiger partial charge in [-0.1, -0.05) is 32.4 Å². The Morgan fingerprint density at radius 3 is 2.57 bits per heavy atom. The second kappa shape index (κ2) is 9.58. The molecule has 6 heteroatoms. The van der Waals surface area contributed by atoms with E-state index >= 15 is 0 Å².